The molecule has 1 unspecified atom stereocenters. The minimum absolute atomic E-state index is 0.0717. The zero-order valence-corrected chi connectivity index (χ0v) is 11.3. The first-order valence-corrected chi connectivity index (χ1v) is 6.14. The Morgan fingerprint density at radius 2 is 2.24 bits per heavy atom. The van der Waals surface area contributed by atoms with Gasteiger partial charge in [0.15, 0.2) is 0 Å². The van der Waals surface area contributed by atoms with E-state index < -0.39 is 6.10 Å². The highest BCUT2D eigenvalue weighted by molar-refractivity contribution is 9.10. The smallest absolute Gasteiger partial charge is 0.229 e. The third-order valence-corrected chi connectivity index (χ3v) is 3.71. The Morgan fingerprint density at radius 3 is 2.76 bits per heavy atom. The molecule has 1 N–H and O–H groups in total. The maximum atomic E-state index is 11.7. The van der Waals surface area contributed by atoms with Gasteiger partial charge in [-0.15, -0.1) is 0 Å². The van der Waals surface area contributed by atoms with Crippen LogP contribution in [0, 0.1) is 6.92 Å². The highest BCUT2D eigenvalue weighted by Crippen LogP contribution is 2.35. The fourth-order valence-electron chi connectivity index (χ4n) is 1.94. The van der Waals surface area contributed by atoms with Gasteiger partial charge < -0.3 is 14.7 Å². The van der Waals surface area contributed by atoms with Gasteiger partial charge in [0.05, 0.1) is 31.9 Å². The molecule has 0 aliphatic carbocycles. The molecule has 4 nitrogen and oxygen atoms in total. The average molecular weight is 300 g/mol. The highest BCUT2D eigenvalue weighted by Gasteiger charge is 2.31. The summed E-state index contributed by atoms with van der Waals surface area (Å²) in [4.78, 5) is 13.3. The lowest BCUT2D eigenvalue weighted by Gasteiger charge is -2.20. The highest BCUT2D eigenvalue weighted by atomic mass is 79.9. The van der Waals surface area contributed by atoms with E-state index in [1.165, 1.54) is 0 Å². The van der Waals surface area contributed by atoms with Crippen molar-refractivity contribution in [3.63, 3.8) is 0 Å². The summed E-state index contributed by atoms with van der Waals surface area (Å²) in [6.45, 7) is 2.28. The first-order chi connectivity index (χ1) is 8.02. The van der Waals surface area contributed by atoms with E-state index in [0.717, 1.165) is 15.7 Å². The van der Waals surface area contributed by atoms with Crippen molar-refractivity contribution in [1.82, 2.24) is 0 Å². The number of benzene rings is 1. The molecule has 1 fully saturated rings. The number of hydrogen-bond donors (Lipinski definition) is 1. The van der Waals surface area contributed by atoms with Crippen LogP contribution in [-0.4, -0.2) is 30.8 Å². The van der Waals surface area contributed by atoms with Gasteiger partial charge in [0, 0.05) is 4.47 Å². The third kappa shape index (κ3) is 2.30. The van der Waals surface area contributed by atoms with Crippen LogP contribution in [0.1, 0.15) is 12.0 Å². The lowest BCUT2D eigenvalue weighted by atomic mass is 10.2. The summed E-state index contributed by atoms with van der Waals surface area (Å²) in [6, 6.07) is 3.72. The number of carbonyl (C=O) groups excluding carboxylic acids is 1. The Kier molecular flexibility index (Phi) is 3.40. The van der Waals surface area contributed by atoms with Crippen molar-refractivity contribution in [2.75, 3.05) is 18.6 Å². The van der Waals surface area contributed by atoms with Crippen molar-refractivity contribution in [2.24, 2.45) is 0 Å². The number of β-amino-alcohol motifs (C(OH)–C–C–N with tert-alkyl or cyclic N) is 1. The quantitative estimate of drug-likeness (QED) is 0.907. The zero-order chi connectivity index (χ0) is 12.6. The van der Waals surface area contributed by atoms with Crippen molar-refractivity contribution in [2.45, 2.75) is 19.4 Å². The monoisotopic (exact) mass is 299 g/mol. The molecule has 1 aromatic carbocycles. The molecule has 1 aliphatic rings. The molecule has 5 heteroatoms. The largest absolute Gasteiger partial charge is 0.495 e. The first kappa shape index (κ1) is 12.4. The van der Waals surface area contributed by atoms with Crippen LogP contribution in [0.25, 0.3) is 0 Å². The molecule has 0 bridgehead atoms. The fraction of sp³-hybridized carbons (Fsp3) is 0.417. The van der Waals surface area contributed by atoms with Gasteiger partial charge in [-0.3, -0.25) is 4.79 Å². The number of carbonyl (C=O) groups is 1. The zero-order valence-electron chi connectivity index (χ0n) is 9.74. The van der Waals surface area contributed by atoms with Gasteiger partial charge in [-0.2, -0.15) is 0 Å². The molecular formula is C12H14BrNO3. The van der Waals surface area contributed by atoms with Gasteiger partial charge in [0.25, 0.3) is 0 Å². The number of ether oxygens (including phenoxy) is 1. The summed E-state index contributed by atoms with van der Waals surface area (Å²) in [5, 5.41) is 9.51. The maximum Gasteiger partial charge on any atom is 0.229 e. The minimum Gasteiger partial charge on any atom is -0.495 e. The fourth-order valence-corrected chi connectivity index (χ4v) is 2.27. The Labute approximate surface area is 108 Å². The van der Waals surface area contributed by atoms with Gasteiger partial charge in [0.2, 0.25) is 5.91 Å². The number of methoxy groups -OCH3 is 1. The Hall–Kier alpha value is -1.07. The van der Waals surface area contributed by atoms with Crippen LogP contribution in [-0.2, 0) is 4.79 Å². The lowest BCUT2D eigenvalue weighted by Crippen LogP contribution is -2.25. The summed E-state index contributed by atoms with van der Waals surface area (Å²) in [7, 11) is 1.57. The van der Waals surface area contributed by atoms with Crippen LogP contribution in [0.4, 0.5) is 5.69 Å². The van der Waals surface area contributed by atoms with Gasteiger partial charge in [-0.25, -0.2) is 0 Å². The molecule has 0 radical (unpaired) electrons. The van der Waals surface area contributed by atoms with Crippen LogP contribution >= 0.6 is 15.9 Å². The number of anilines is 1. The van der Waals surface area contributed by atoms with Crippen LogP contribution < -0.4 is 9.64 Å². The molecule has 0 spiro atoms. The van der Waals surface area contributed by atoms with Crippen LogP contribution in [0.15, 0.2) is 16.6 Å². The lowest BCUT2D eigenvalue weighted by molar-refractivity contribution is -0.117. The molecule has 0 saturated carbocycles. The predicted octanol–water partition coefficient (Wildman–Crippen LogP) is 1.86. The number of aliphatic hydroxyl groups is 1. The first-order valence-electron chi connectivity index (χ1n) is 5.35. The van der Waals surface area contributed by atoms with Crippen LogP contribution in [0.3, 0.4) is 0 Å². The third-order valence-electron chi connectivity index (χ3n) is 2.86. The molecule has 1 atom stereocenters. The summed E-state index contributed by atoms with van der Waals surface area (Å²) in [5.74, 6) is 0.558. The number of rotatable bonds is 2. The number of aryl methyl sites for hydroxylation is 1. The SMILES string of the molecule is COc1cc(Br)c(C)cc1N1CC(O)CC1=O. The average Bonchev–Trinajstić information content (AvgIpc) is 2.61. The summed E-state index contributed by atoms with van der Waals surface area (Å²) >= 11 is 3.42. The topological polar surface area (TPSA) is 49.8 Å². The van der Waals surface area contributed by atoms with Crippen molar-refractivity contribution in [1.29, 1.82) is 0 Å². The molecule has 1 heterocycles. The summed E-state index contributed by atoms with van der Waals surface area (Å²) in [6.07, 6.45) is -0.408. The molecule has 1 amide bonds. The molecule has 0 aromatic heterocycles. The number of nitrogens with zero attached hydrogens (tertiary/aromatic N) is 1. The standard InChI is InChI=1S/C12H14BrNO3/c1-7-3-10(11(17-2)5-9(7)13)14-6-8(15)4-12(14)16/h3,5,8,15H,4,6H2,1-2H3. The number of aliphatic hydroxyl groups excluding tert-OH is 1. The van der Waals surface area contributed by atoms with Crippen molar-refractivity contribution < 1.29 is 14.6 Å². The second-order valence-corrected chi connectivity index (χ2v) is 4.99. The van der Waals surface area contributed by atoms with Gasteiger partial charge in [-0.05, 0) is 24.6 Å². The molecular weight excluding hydrogens is 286 g/mol. The van der Waals surface area contributed by atoms with E-state index in [9.17, 15) is 9.90 Å². The molecule has 17 heavy (non-hydrogen) atoms. The molecule has 1 aromatic rings. The molecule has 2 rings (SSSR count). The van der Waals surface area contributed by atoms with Crippen LogP contribution in [0.2, 0.25) is 0 Å². The van der Waals surface area contributed by atoms with E-state index in [4.69, 9.17) is 4.74 Å². The minimum atomic E-state index is -0.587. The Bertz CT molecular complexity index is 461. The van der Waals surface area contributed by atoms with Crippen LogP contribution in [0.5, 0.6) is 5.75 Å². The Balaban J connectivity index is 2.44. The van der Waals surface area contributed by atoms with Gasteiger partial charge >= 0.3 is 0 Å². The van der Waals surface area contributed by atoms with Crippen molar-refractivity contribution >= 4 is 27.5 Å². The number of hydrogen-bond acceptors (Lipinski definition) is 3. The van der Waals surface area contributed by atoms with Gasteiger partial charge in [-0.1, -0.05) is 15.9 Å². The van der Waals surface area contributed by atoms with E-state index in [1.54, 1.807) is 12.0 Å². The van der Waals surface area contributed by atoms with E-state index in [1.807, 2.05) is 19.1 Å². The molecule has 92 valence electrons. The maximum absolute atomic E-state index is 11.7. The van der Waals surface area contributed by atoms with Gasteiger partial charge in [0.1, 0.15) is 5.75 Å². The van der Waals surface area contributed by atoms with Crippen molar-refractivity contribution in [3.05, 3.63) is 22.2 Å². The Morgan fingerprint density at radius 1 is 1.53 bits per heavy atom. The summed E-state index contributed by atoms with van der Waals surface area (Å²) in [5.41, 5.74) is 1.74. The molecule has 1 saturated heterocycles. The second kappa shape index (κ2) is 4.66. The van der Waals surface area contributed by atoms with E-state index in [0.29, 0.717) is 12.3 Å². The number of amides is 1. The number of halogens is 1. The van der Waals surface area contributed by atoms with E-state index in [-0.39, 0.29) is 12.3 Å². The van der Waals surface area contributed by atoms with E-state index in [2.05, 4.69) is 15.9 Å². The normalized spacial score (nSPS) is 19.9. The van der Waals surface area contributed by atoms with Crippen molar-refractivity contribution in [3.8, 4) is 5.75 Å². The van der Waals surface area contributed by atoms with E-state index >= 15 is 0 Å². The second-order valence-electron chi connectivity index (χ2n) is 4.14. The summed E-state index contributed by atoms with van der Waals surface area (Å²) < 4.78 is 6.21. The predicted molar refractivity (Wildman–Crippen MR) is 68.4 cm³/mol. The molecule has 1 aliphatic heterocycles.